The number of rotatable bonds is 4. The van der Waals surface area contributed by atoms with E-state index in [-0.39, 0.29) is 0 Å². The topological polar surface area (TPSA) is 67.6 Å². The number of aromatic nitrogens is 2. The van der Waals surface area contributed by atoms with Gasteiger partial charge in [-0.2, -0.15) is 23.5 Å². The third-order valence-corrected chi connectivity index (χ3v) is 4.71. The molecule has 0 saturated carbocycles. The minimum absolute atomic E-state index is 0.474. The highest BCUT2D eigenvalue weighted by Gasteiger charge is 2.34. The highest BCUT2D eigenvalue weighted by molar-refractivity contribution is 5.90. The van der Waals surface area contributed by atoms with Gasteiger partial charge in [-0.05, 0) is 42.3 Å². The monoisotopic (exact) mass is 370 g/mol. The molecule has 2 aromatic carbocycles. The summed E-state index contributed by atoms with van der Waals surface area (Å²) in [5.41, 5.74) is 6.25. The SMILES string of the molecule is CCC(/C=C/C#N)(c1ccc(C(F)(F)F)cc1)n1ncc2c(N)cccc21. The lowest BCUT2D eigenvalue weighted by molar-refractivity contribution is -0.137. The van der Waals surface area contributed by atoms with Gasteiger partial charge in [0.05, 0.1) is 23.3 Å². The molecule has 1 heterocycles. The van der Waals surface area contributed by atoms with Crippen molar-refractivity contribution >= 4 is 16.6 Å². The zero-order valence-electron chi connectivity index (χ0n) is 14.5. The lowest BCUT2D eigenvalue weighted by Crippen LogP contribution is -2.33. The van der Waals surface area contributed by atoms with E-state index in [9.17, 15) is 13.2 Å². The summed E-state index contributed by atoms with van der Waals surface area (Å²) in [6.07, 6.45) is 0.663. The summed E-state index contributed by atoms with van der Waals surface area (Å²) in [7, 11) is 0. The van der Waals surface area contributed by atoms with E-state index in [4.69, 9.17) is 11.0 Å². The maximum atomic E-state index is 12.9. The summed E-state index contributed by atoms with van der Waals surface area (Å²) in [5.74, 6) is 0. The molecule has 0 aliphatic heterocycles. The van der Waals surface area contributed by atoms with Crippen LogP contribution in [-0.2, 0) is 11.7 Å². The third-order valence-electron chi connectivity index (χ3n) is 4.71. The zero-order chi connectivity index (χ0) is 19.7. The average molecular weight is 370 g/mol. The molecule has 0 amide bonds. The van der Waals surface area contributed by atoms with Gasteiger partial charge in [-0.3, -0.25) is 4.68 Å². The van der Waals surface area contributed by atoms with E-state index in [0.29, 0.717) is 17.7 Å². The molecule has 1 atom stereocenters. The Morgan fingerprint density at radius 3 is 2.41 bits per heavy atom. The van der Waals surface area contributed by atoms with Crippen LogP contribution in [0.5, 0.6) is 0 Å². The van der Waals surface area contributed by atoms with Gasteiger partial charge in [0, 0.05) is 17.1 Å². The minimum atomic E-state index is -4.41. The number of halogens is 3. The first-order valence-electron chi connectivity index (χ1n) is 8.31. The van der Waals surface area contributed by atoms with Gasteiger partial charge in [0.1, 0.15) is 5.54 Å². The molecule has 0 radical (unpaired) electrons. The fraction of sp³-hybridized carbons (Fsp3) is 0.200. The number of hydrogen-bond acceptors (Lipinski definition) is 3. The number of benzene rings is 2. The number of nitrogen functional groups attached to an aromatic ring is 1. The summed E-state index contributed by atoms with van der Waals surface area (Å²) < 4.78 is 40.5. The van der Waals surface area contributed by atoms with Gasteiger partial charge < -0.3 is 5.73 Å². The van der Waals surface area contributed by atoms with Crippen molar-refractivity contribution in [3.05, 3.63) is 71.9 Å². The maximum Gasteiger partial charge on any atom is 0.416 e. The molecule has 3 rings (SSSR count). The molecule has 0 fully saturated rings. The Morgan fingerprint density at radius 1 is 1.15 bits per heavy atom. The Hall–Kier alpha value is -3.27. The number of nitrogens with zero attached hydrogens (tertiary/aromatic N) is 3. The van der Waals surface area contributed by atoms with Gasteiger partial charge in [0.25, 0.3) is 0 Å². The molecule has 1 unspecified atom stereocenters. The van der Waals surface area contributed by atoms with Crippen molar-refractivity contribution in [3.63, 3.8) is 0 Å². The standard InChI is InChI=1S/C20H17F3N4/c1-2-19(11-4-12-24,14-7-9-15(10-8-14)20(21,22)23)27-18-6-3-5-17(25)16(18)13-26-27/h3-11,13H,2,25H2,1H3/b11-4+. The number of allylic oxidation sites excluding steroid dienone is 2. The Bertz CT molecular complexity index is 1030. The van der Waals surface area contributed by atoms with Gasteiger partial charge in [-0.15, -0.1) is 0 Å². The van der Waals surface area contributed by atoms with Crippen LogP contribution in [0.4, 0.5) is 18.9 Å². The van der Waals surface area contributed by atoms with E-state index < -0.39 is 17.3 Å². The molecule has 138 valence electrons. The van der Waals surface area contributed by atoms with Crippen LogP contribution in [0.2, 0.25) is 0 Å². The maximum absolute atomic E-state index is 12.9. The predicted octanol–water partition coefficient (Wildman–Crippen LogP) is 4.87. The minimum Gasteiger partial charge on any atom is -0.398 e. The van der Waals surface area contributed by atoms with Crippen molar-refractivity contribution in [2.24, 2.45) is 0 Å². The lowest BCUT2D eigenvalue weighted by atomic mass is 9.86. The molecule has 0 spiro atoms. The van der Waals surface area contributed by atoms with Crippen molar-refractivity contribution < 1.29 is 13.2 Å². The van der Waals surface area contributed by atoms with Crippen molar-refractivity contribution in [1.29, 1.82) is 5.26 Å². The fourth-order valence-corrected chi connectivity index (χ4v) is 3.28. The number of nitriles is 1. The van der Waals surface area contributed by atoms with Crippen LogP contribution in [0, 0.1) is 11.3 Å². The molecule has 0 aliphatic rings. The van der Waals surface area contributed by atoms with Gasteiger partial charge >= 0.3 is 6.18 Å². The van der Waals surface area contributed by atoms with Gasteiger partial charge in [-0.1, -0.05) is 25.1 Å². The van der Waals surface area contributed by atoms with Crippen molar-refractivity contribution in [2.45, 2.75) is 25.1 Å². The van der Waals surface area contributed by atoms with Crippen molar-refractivity contribution in [1.82, 2.24) is 9.78 Å². The van der Waals surface area contributed by atoms with Gasteiger partial charge in [0.2, 0.25) is 0 Å². The van der Waals surface area contributed by atoms with Gasteiger partial charge in [0.15, 0.2) is 0 Å². The first-order chi connectivity index (χ1) is 12.8. The van der Waals surface area contributed by atoms with Crippen LogP contribution in [0.1, 0.15) is 24.5 Å². The Kier molecular flexibility index (Phi) is 4.66. The largest absolute Gasteiger partial charge is 0.416 e. The molecule has 27 heavy (non-hydrogen) atoms. The summed E-state index contributed by atoms with van der Waals surface area (Å²) in [6.45, 7) is 1.89. The highest BCUT2D eigenvalue weighted by atomic mass is 19.4. The van der Waals surface area contributed by atoms with Crippen molar-refractivity contribution in [2.75, 3.05) is 5.73 Å². The molecule has 2 N–H and O–H groups in total. The van der Waals surface area contributed by atoms with Gasteiger partial charge in [-0.25, -0.2) is 0 Å². The van der Waals surface area contributed by atoms with Crippen molar-refractivity contribution in [3.8, 4) is 6.07 Å². The van der Waals surface area contributed by atoms with Crippen LogP contribution in [0.3, 0.4) is 0 Å². The molecule has 3 aromatic rings. The highest BCUT2D eigenvalue weighted by Crippen LogP contribution is 2.37. The molecular formula is C20H17F3N4. The first kappa shape index (κ1) is 18.5. The normalized spacial score (nSPS) is 14.3. The fourth-order valence-electron chi connectivity index (χ4n) is 3.28. The smallest absolute Gasteiger partial charge is 0.398 e. The van der Waals surface area contributed by atoms with Crippen LogP contribution in [0.25, 0.3) is 10.9 Å². The quantitative estimate of drug-likeness (QED) is 0.526. The van der Waals surface area contributed by atoms with E-state index in [1.165, 1.54) is 18.2 Å². The van der Waals surface area contributed by atoms with E-state index in [0.717, 1.165) is 23.0 Å². The lowest BCUT2D eigenvalue weighted by Gasteiger charge is -2.32. The van der Waals surface area contributed by atoms with Crippen LogP contribution in [0.15, 0.2) is 60.8 Å². The van der Waals surface area contributed by atoms with E-state index in [2.05, 4.69) is 5.10 Å². The molecule has 1 aromatic heterocycles. The van der Waals surface area contributed by atoms with Crippen LogP contribution < -0.4 is 5.73 Å². The molecule has 4 nitrogen and oxygen atoms in total. The van der Waals surface area contributed by atoms with E-state index >= 15 is 0 Å². The second-order valence-corrected chi connectivity index (χ2v) is 6.15. The van der Waals surface area contributed by atoms with E-state index in [1.54, 1.807) is 29.1 Å². The average Bonchev–Trinajstić information content (AvgIpc) is 3.09. The molecule has 0 bridgehead atoms. The second kappa shape index (κ2) is 6.80. The van der Waals surface area contributed by atoms with Crippen LogP contribution >= 0.6 is 0 Å². The molecular weight excluding hydrogens is 353 g/mol. The molecule has 0 aliphatic carbocycles. The number of hydrogen-bond donors (Lipinski definition) is 1. The number of anilines is 1. The zero-order valence-corrected chi connectivity index (χ0v) is 14.5. The number of alkyl halides is 3. The van der Waals surface area contributed by atoms with E-state index in [1.807, 2.05) is 19.1 Å². The second-order valence-electron chi connectivity index (χ2n) is 6.15. The molecule has 7 heteroatoms. The van der Waals surface area contributed by atoms with Crippen LogP contribution in [-0.4, -0.2) is 9.78 Å². The summed E-state index contributed by atoms with van der Waals surface area (Å²) in [4.78, 5) is 0. The number of fused-ring (bicyclic) bond motifs is 1. The molecule has 0 saturated heterocycles. The first-order valence-corrected chi connectivity index (χ1v) is 8.31. The predicted molar refractivity (Wildman–Crippen MR) is 97.7 cm³/mol. The summed E-state index contributed by atoms with van der Waals surface area (Å²) >= 11 is 0. The summed E-state index contributed by atoms with van der Waals surface area (Å²) in [6, 6.07) is 12.3. The summed E-state index contributed by atoms with van der Waals surface area (Å²) in [5, 5.41) is 14.2. The Labute approximate surface area is 154 Å². The Balaban J connectivity index is 2.25. The third kappa shape index (κ3) is 3.14. The number of nitrogens with two attached hydrogens (primary N) is 1. The Morgan fingerprint density at radius 2 is 1.81 bits per heavy atom.